The number of nitrogens with one attached hydrogen (secondary N) is 2. The molecule has 4 atom stereocenters. The molecule has 0 saturated carbocycles. The Bertz CT molecular complexity index is 1450. The standard InChI is InChI=1S/C24H27N9O6/c25-20-16-21(28-10-27-20)33(11-29-16)24-18(36)17(35)19(39-24)23(38)32-6-4-31(5-7-32)9-15(34)30-14-3-1-2-12-13(14)8-26-22(12)37/h1-3,10-11,17-19,24,35-36H,4-9H2,(H,26,37)(H,30,34)(H2,25,27,28)/t17-,18+,19?,24+/m0/s1. The van der Waals surface area contributed by atoms with Crippen LogP contribution in [0.25, 0.3) is 11.2 Å². The first-order valence-corrected chi connectivity index (χ1v) is 12.5. The van der Waals surface area contributed by atoms with Crippen LogP contribution >= 0.6 is 0 Å². The number of amides is 3. The number of piperazine rings is 1. The van der Waals surface area contributed by atoms with E-state index in [1.807, 2.05) is 4.90 Å². The topological polar surface area (TPSA) is 201 Å². The van der Waals surface area contributed by atoms with Crippen LogP contribution < -0.4 is 16.4 Å². The molecule has 39 heavy (non-hydrogen) atoms. The highest BCUT2D eigenvalue weighted by Gasteiger charge is 2.49. The van der Waals surface area contributed by atoms with Crippen molar-refractivity contribution >= 4 is 40.4 Å². The fourth-order valence-corrected chi connectivity index (χ4v) is 5.22. The molecule has 3 aromatic rings. The van der Waals surface area contributed by atoms with Crippen molar-refractivity contribution in [1.82, 2.24) is 34.6 Å². The van der Waals surface area contributed by atoms with Crippen molar-refractivity contribution in [3.8, 4) is 0 Å². The molecule has 1 unspecified atom stereocenters. The van der Waals surface area contributed by atoms with Gasteiger partial charge in [0.15, 0.2) is 23.8 Å². The third-order valence-corrected chi connectivity index (χ3v) is 7.31. The zero-order chi connectivity index (χ0) is 27.3. The maximum atomic E-state index is 13.2. The van der Waals surface area contributed by atoms with E-state index in [4.69, 9.17) is 10.5 Å². The van der Waals surface area contributed by atoms with Crippen molar-refractivity contribution in [1.29, 1.82) is 0 Å². The number of nitrogens with zero attached hydrogens (tertiary/aromatic N) is 6. The summed E-state index contributed by atoms with van der Waals surface area (Å²) in [5.74, 6) is -0.677. The second-order valence-electron chi connectivity index (χ2n) is 9.68. The van der Waals surface area contributed by atoms with E-state index in [-0.39, 0.29) is 24.2 Å². The third kappa shape index (κ3) is 4.44. The summed E-state index contributed by atoms with van der Waals surface area (Å²) in [6.45, 7) is 1.99. The SMILES string of the molecule is Nc1ncnc2c1ncn2[C@@H]1OC(C(=O)N2CCN(CC(=O)Nc3cccc4c3CNC4=O)CC2)[C@@H](O)[C@H]1O. The number of ether oxygens (including phenoxy) is 1. The van der Waals surface area contributed by atoms with Crippen molar-refractivity contribution in [3.63, 3.8) is 0 Å². The minimum Gasteiger partial charge on any atom is -0.387 e. The summed E-state index contributed by atoms with van der Waals surface area (Å²) in [7, 11) is 0. The highest BCUT2D eigenvalue weighted by Crippen LogP contribution is 2.33. The molecule has 3 aliphatic heterocycles. The van der Waals surface area contributed by atoms with Gasteiger partial charge in [-0.1, -0.05) is 6.07 Å². The molecule has 1 aromatic carbocycles. The first-order chi connectivity index (χ1) is 18.8. The van der Waals surface area contributed by atoms with Gasteiger partial charge < -0.3 is 36.2 Å². The smallest absolute Gasteiger partial charge is 0.254 e. The van der Waals surface area contributed by atoms with Gasteiger partial charge in [-0.25, -0.2) is 15.0 Å². The molecule has 2 saturated heterocycles. The number of carbonyl (C=O) groups excluding carboxylic acids is 3. The highest BCUT2D eigenvalue weighted by molar-refractivity contribution is 6.02. The Morgan fingerprint density at radius 2 is 1.92 bits per heavy atom. The number of aliphatic hydroxyl groups is 2. The van der Waals surface area contributed by atoms with Gasteiger partial charge in [0, 0.05) is 49.5 Å². The Labute approximate surface area is 221 Å². The number of nitrogen functional groups attached to an aromatic ring is 1. The number of rotatable bonds is 5. The van der Waals surface area contributed by atoms with E-state index in [0.717, 1.165) is 5.56 Å². The zero-order valence-electron chi connectivity index (χ0n) is 20.7. The summed E-state index contributed by atoms with van der Waals surface area (Å²) >= 11 is 0. The van der Waals surface area contributed by atoms with Gasteiger partial charge in [-0.3, -0.25) is 23.9 Å². The average Bonchev–Trinajstić information content (AvgIpc) is 3.61. The van der Waals surface area contributed by atoms with E-state index in [1.54, 1.807) is 23.1 Å². The molecular formula is C24H27N9O6. The number of aliphatic hydroxyl groups excluding tert-OH is 2. The minimum absolute atomic E-state index is 0.120. The lowest BCUT2D eigenvalue weighted by atomic mass is 10.1. The second-order valence-corrected chi connectivity index (χ2v) is 9.68. The molecule has 0 radical (unpaired) electrons. The van der Waals surface area contributed by atoms with Crippen LogP contribution in [-0.4, -0.2) is 108 Å². The minimum atomic E-state index is -1.46. The van der Waals surface area contributed by atoms with E-state index < -0.39 is 30.4 Å². The summed E-state index contributed by atoms with van der Waals surface area (Å²) < 4.78 is 7.23. The lowest BCUT2D eigenvalue weighted by molar-refractivity contribution is -0.150. The Hall–Kier alpha value is -4.18. The molecule has 2 aromatic heterocycles. The number of carbonyl (C=O) groups is 3. The van der Waals surface area contributed by atoms with Crippen molar-refractivity contribution in [2.45, 2.75) is 31.1 Å². The van der Waals surface area contributed by atoms with Crippen molar-refractivity contribution in [3.05, 3.63) is 42.0 Å². The van der Waals surface area contributed by atoms with Crippen LogP contribution in [-0.2, 0) is 20.9 Å². The lowest BCUT2D eigenvalue weighted by Crippen LogP contribution is -2.54. The Balaban J connectivity index is 1.05. The molecule has 0 aliphatic carbocycles. The molecule has 6 N–H and O–H groups in total. The largest absolute Gasteiger partial charge is 0.387 e. The fourth-order valence-electron chi connectivity index (χ4n) is 5.22. The fraction of sp³-hybridized carbons (Fsp3) is 0.417. The van der Waals surface area contributed by atoms with Crippen LogP contribution in [0.5, 0.6) is 0 Å². The van der Waals surface area contributed by atoms with Gasteiger partial charge in [0.1, 0.15) is 24.1 Å². The maximum absolute atomic E-state index is 13.2. The predicted molar refractivity (Wildman–Crippen MR) is 135 cm³/mol. The van der Waals surface area contributed by atoms with Crippen LogP contribution in [0.3, 0.4) is 0 Å². The van der Waals surface area contributed by atoms with E-state index >= 15 is 0 Å². The van der Waals surface area contributed by atoms with Gasteiger partial charge in [-0.15, -0.1) is 0 Å². The number of hydrogen-bond donors (Lipinski definition) is 5. The molecule has 6 rings (SSSR count). The zero-order valence-corrected chi connectivity index (χ0v) is 20.7. The summed E-state index contributed by atoms with van der Waals surface area (Å²) in [6.07, 6.45) is -2.62. The molecule has 0 spiro atoms. The number of benzene rings is 1. The van der Waals surface area contributed by atoms with Gasteiger partial charge >= 0.3 is 0 Å². The van der Waals surface area contributed by atoms with Crippen LogP contribution in [0, 0.1) is 0 Å². The normalized spacial score (nSPS) is 25.1. The third-order valence-electron chi connectivity index (χ3n) is 7.31. The maximum Gasteiger partial charge on any atom is 0.254 e. The number of hydrogen-bond acceptors (Lipinski definition) is 11. The molecule has 15 nitrogen and oxygen atoms in total. The predicted octanol–water partition coefficient (Wildman–Crippen LogP) is -1.95. The van der Waals surface area contributed by atoms with Crippen LogP contribution in [0.4, 0.5) is 11.5 Å². The summed E-state index contributed by atoms with van der Waals surface area (Å²) in [5.41, 5.74) is 8.38. The van der Waals surface area contributed by atoms with Crippen LogP contribution in [0.15, 0.2) is 30.9 Å². The summed E-state index contributed by atoms with van der Waals surface area (Å²) in [5, 5.41) is 26.9. The van der Waals surface area contributed by atoms with Crippen LogP contribution in [0.1, 0.15) is 22.1 Å². The Morgan fingerprint density at radius 1 is 1.13 bits per heavy atom. The molecule has 3 aliphatic rings. The molecule has 5 heterocycles. The number of anilines is 2. The second kappa shape index (κ2) is 9.85. The molecule has 15 heteroatoms. The van der Waals surface area contributed by atoms with Crippen molar-refractivity contribution < 1.29 is 29.3 Å². The molecular weight excluding hydrogens is 510 g/mol. The van der Waals surface area contributed by atoms with Gasteiger partial charge in [-0.05, 0) is 12.1 Å². The van der Waals surface area contributed by atoms with E-state index in [2.05, 4.69) is 25.6 Å². The van der Waals surface area contributed by atoms with E-state index in [0.29, 0.717) is 55.1 Å². The van der Waals surface area contributed by atoms with E-state index in [9.17, 15) is 24.6 Å². The number of imidazole rings is 1. The monoisotopic (exact) mass is 537 g/mol. The quantitative estimate of drug-likeness (QED) is 0.242. The number of nitrogens with two attached hydrogens (primary N) is 1. The molecule has 0 bridgehead atoms. The lowest BCUT2D eigenvalue weighted by Gasteiger charge is -2.35. The highest BCUT2D eigenvalue weighted by atomic mass is 16.6. The molecule has 204 valence electrons. The van der Waals surface area contributed by atoms with Crippen LogP contribution in [0.2, 0.25) is 0 Å². The Morgan fingerprint density at radius 3 is 2.72 bits per heavy atom. The van der Waals surface area contributed by atoms with Gasteiger partial charge in [0.2, 0.25) is 5.91 Å². The summed E-state index contributed by atoms with van der Waals surface area (Å²) in [6, 6.07) is 5.21. The van der Waals surface area contributed by atoms with Crippen molar-refractivity contribution in [2.75, 3.05) is 43.8 Å². The summed E-state index contributed by atoms with van der Waals surface area (Å²) in [4.78, 5) is 53.4. The van der Waals surface area contributed by atoms with Gasteiger partial charge in [-0.2, -0.15) is 0 Å². The average molecular weight is 538 g/mol. The first-order valence-electron chi connectivity index (χ1n) is 12.5. The van der Waals surface area contributed by atoms with Gasteiger partial charge in [0.05, 0.1) is 12.9 Å². The Kier molecular flexibility index (Phi) is 6.34. The van der Waals surface area contributed by atoms with Gasteiger partial charge in [0.25, 0.3) is 11.8 Å². The number of fused-ring (bicyclic) bond motifs is 2. The molecule has 3 amide bonds. The first kappa shape index (κ1) is 25.1. The molecule has 2 fully saturated rings. The van der Waals surface area contributed by atoms with E-state index in [1.165, 1.54) is 17.2 Å². The number of aromatic nitrogens is 4. The van der Waals surface area contributed by atoms with Crippen molar-refractivity contribution in [2.24, 2.45) is 0 Å².